The maximum absolute atomic E-state index is 9.07. The summed E-state index contributed by atoms with van der Waals surface area (Å²) in [7, 11) is 0. The molecule has 0 aromatic carbocycles. The molecule has 0 fully saturated rings. The van der Waals surface area contributed by atoms with E-state index in [1.165, 1.54) is 0 Å². The summed E-state index contributed by atoms with van der Waals surface area (Å²) in [5, 5.41) is 0. The Morgan fingerprint density at radius 3 is 2.25 bits per heavy atom. The van der Waals surface area contributed by atoms with E-state index in [4.69, 9.17) is 4.79 Å². The Balaban J connectivity index is 3.11. The Morgan fingerprint density at radius 1 is 2.00 bits per heavy atom. The van der Waals surface area contributed by atoms with E-state index in [9.17, 15) is 0 Å². The molecule has 3 heteroatoms. The Morgan fingerprint density at radius 2 is 2.25 bits per heavy atom. The number of halogens is 1. The van der Waals surface area contributed by atoms with E-state index < -0.39 is 0 Å². The molecule has 0 atom stereocenters. The summed E-state index contributed by atoms with van der Waals surface area (Å²) in [6, 6.07) is 0. The molecule has 0 saturated carbocycles. The summed E-state index contributed by atoms with van der Waals surface area (Å²) in [6.07, 6.45) is 0. The van der Waals surface area contributed by atoms with Crippen molar-refractivity contribution in [2.75, 3.05) is 0 Å². The predicted molar refractivity (Wildman–Crippen MR) is 19.7 cm³/mol. The second-order valence-electron chi connectivity index (χ2n) is 0.131. The molecular formula is CIORh. The fourth-order valence-electron chi connectivity index (χ4n) is 0. The van der Waals surface area contributed by atoms with Crippen LogP contribution in [0.5, 0.6) is 0 Å². The van der Waals surface area contributed by atoms with Gasteiger partial charge in [-0.3, -0.25) is 0 Å². The van der Waals surface area contributed by atoms with Gasteiger partial charge in [0.1, 0.15) is 0 Å². The van der Waals surface area contributed by atoms with Crippen LogP contribution in [0.3, 0.4) is 0 Å². The SMILES string of the molecule is O=[C]=[Rh][I]. The zero-order chi connectivity index (χ0) is 3.41. The van der Waals surface area contributed by atoms with E-state index in [-0.39, 0.29) is 13.2 Å². The van der Waals surface area contributed by atoms with Crippen LogP contribution in [0.25, 0.3) is 0 Å². The minimum atomic E-state index is 0.0328. The Kier molecular flexibility index (Phi) is 4.85. The van der Waals surface area contributed by atoms with Gasteiger partial charge in [-0.25, -0.2) is 0 Å². The maximum atomic E-state index is 9.07. The fourth-order valence-corrected chi connectivity index (χ4v) is 0. The molecule has 26 valence electrons. The molecule has 0 unspecified atom stereocenters. The summed E-state index contributed by atoms with van der Waals surface area (Å²) >= 11 is 2.03. The number of carbonyl (C=O) groups excluding carboxylic acids is 1. The molecule has 0 heterocycles. The number of rotatable bonds is 0. The van der Waals surface area contributed by atoms with Crippen molar-refractivity contribution in [3.63, 3.8) is 0 Å². The second-order valence-corrected chi connectivity index (χ2v) is 2.90. The molecule has 0 aromatic heterocycles. The van der Waals surface area contributed by atoms with Crippen LogP contribution < -0.4 is 0 Å². The third-order valence-electron chi connectivity index (χ3n) is 0.0257. The molecule has 0 saturated heterocycles. The van der Waals surface area contributed by atoms with Gasteiger partial charge in [0, 0.05) is 0 Å². The Hall–Kier alpha value is 0.933. The first-order valence-corrected chi connectivity index (χ1v) is 6.19. The molecule has 0 rings (SSSR count). The molecule has 0 amide bonds. The van der Waals surface area contributed by atoms with E-state index >= 15 is 0 Å². The van der Waals surface area contributed by atoms with Crippen molar-refractivity contribution in [1.29, 1.82) is 0 Å². The molecule has 0 N–H and O–H groups in total. The van der Waals surface area contributed by atoms with Crippen LogP contribution >= 0.6 is 19.8 Å². The molecule has 1 nitrogen and oxygen atoms in total. The first kappa shape index (κ1) is 4.93. The third-order valence-corrected chi connectivity index (χ3v) is 1.02. The zero-order valence-electron chi connectivity index (χ0n) is 1.62. The van der Waals surface area contributed by atoms with Crippen LogP contribution in [0.4, 0.5) is 0 Å². The van der Waals surface area contributed by atoms with E-state index in [0.29, 0.717) is 0 Å². The molecule has 0 bridgehead atoms. The van der Waals surface area contributed by atoms with Gasteiger partial charge in [0.15, 0.2) is 0 Å². The molecule has 0 aliphatic heterocycles. The van der Waals surface area contributed by atoms with Crippen LogP contribution in [0.2, 0.25) is 0 Å². The number of hydrogen-bond donors (Lipinski definition) is 0. The fraction of sp³-hybridized carbons (Fsp3) is 0. The van der Waals surface area contributed by atoms with Crippen LogP contribution in [-0.4, -0.2) is 4.47 Å². The van der Waals surface area contributed by atoms with E-state index in [0.717, 1.165) is 0 Å². The summed E-state index contributed by atoms with van der Waals surface area (Å²) < 4.78 is 1.74. The summed E-state index contributed by atoms with van der Waals surface area (Å²) in [4.78, 5) is 9.07. The van der Waals surface area contributed by atoms with Gasteiger partial charge in [0.05, 0.1) is 0 Å². The first-order valence-electron chi connectivity index (χ1n) is 0.497. The van der Waals surface area contributed by atoms with Gasteiger partial charge < -0.3 is 0 Å². The van der Waals surface area contributed by atoms with Crippen molar-refractivity contribution in [2.24, 2.45) is 0 Å². The zero-order valence-corrected chi connectivity index (χ0v) is 5.42. The molecule has 0 spiro atoms. The molecule has 0 aliphatic rings. The number of hydrogen-bond acceptors (Lipinski definition) is 1. The average molecular weight is 258 g/mol. The first-order chi connectivity index (χ1) is 1.91. The monoisotopic (exact) mass is 258 g/mol. The van der Waals surface area contributed by atoms with E-state index in [1.807, 2.05) is 19.8 Å². The van der Waals surface area contributed by atoms with Gasteiger partial charge in [-0.1, -0.05) is 0 Å². The van der Waals surface area contributed by atoms with Gasteiger partial charge in [0.2, 0.25) is 0 Å². The van der Waals surface area contributed by atoms with Crippen LogP contribution in [0.15, 0.2) is 0 Å². The van der Waals surface area contributed by atoms with E-state index in [1.54, 1.807) is 4.47 Å². The molecular weight excluding hydrogens is 258 g/mol. The summed E-state index contributed by atoms with van der Waals surface area (Å²) in [5.41, 5.74) is 0. The summed E-state index contributed by atoms with van der Waals surface area (Å²) in [5.74, 6) is 0. The van der Waals surface area contributed by atoms with Crippen molar-refractivity contribution in [1.82, 2.24) is 0 Å². The van der Waals surface area contributed by atoms with Gasteiger partial charge in [-0.15, -0.1) is 0 Å². The topological polar surface area (TPSA) is 17.1 Å². The van der Waals surface area contributed by atoms with Crippen molar-refractivity contribution in [3.8, 4) is 0 Å². The second kappa shape index (κ2) is 3.93. The third kappa shape index (κ3) is 2.93. The van der Waals surface area contributed by atoms with Crippen molar-refractivity contribution >= 4 is 24.2 Å². The predicted octanol–water partition coefficient (Wildman–Crippen LogP) is 0.486. The average Bonchev–Trinajstić information content (AvgIpc) is 1.37. The standard InChI is InChI=1S/CO.HI.Rh/c1-2;;/h;1H;/q;;+1/p-1. The van der Waals surface area contributed by atoms with Gasteiger partial charge in [-0.05, 0) is 0 Å². The summed E-state index contributed by atoms with van der Waals surface area (Å²) in [6.45, 7) is 0. The minimum absolute atomic E-state index is 0.0328. The molecule has 4 heavy (non-hydrogen) atoms. The van der Waals surface area contributed by atoms with Crippen molar-refractivity contribution < 1.29 is 18.0 Å². The van der Waals surface area contributed by atoms with Crippen LogP contribution in [0.1, 0.15) is 0 Å². The van der Waals surface area contributed by atoms with E-state index in [2.05, 4.69) is 0 Å². The normalized spacial score (nSPS) is 6.25. The van der Waals surface area contributed by atoms with Crippen LogP contribution in [-0.2, 0) is 18.0 Å². The van der Waals surface area contributed by atoms with Gasteiger partial charge in [0.25, 0.3) is 0 Å². The molecule has 0 aromatic rings. The van der Waals surface area contributed by atoms with Gasteiger partial charge >= 0.3 is 42.2 Å². The van der Waals surface area contributed by atoms with Crippen molar-refractivity contribution in [2.45, 2.75) is 0 Å². The van der Waals surface area contributed by atoms with Crippen LogP contribution in [0, 0.1) is 0 Å². The molecule has 0 radical (unpaired) electrons. The van der Waals surface area contributed by atoms with Gasteiger partial charge in [-0.2, -0.15) is 0 Å². The Labute approximate surface area is 42.1 Å². The molecule has 0 aliphatic carbocycles. The Bertz CT molecular complexity index is 46.0. The van der Waals surface area contributed by atoms with Crippen molar-refractivity contribution in [3.05, 3.63) is 0 Å². The quantitative estimate of drug-likeness (QED) is 0.456.